The molecule has 10 heteroatoms. The first kappa shape index (κ1) is 23.8. The summed E-state index contributed by atoms with van der Waals surface area (Å²) in [4.78, 5) is 30.3. The van der Waals surface area contributed by atoms with Crippen molar-refractivity contribution < 1.29 is 14.6 Å². The Hall–Kier alpha value is -2.92. The molecule has 0 radical (unpaired) electrons. The Kier molecular flexibility index (Phi) is 7.05. The molecular weight excluding hydrogens is 464 g/mol. The molecule has 4 heterocycles. The number of thiazole rings is 1. The molecule has 1 amide bonds. The number of anilines is 1. The molecule has 0 spiro atoms. The highest BCUT2D eigenvalue weighted by Gasteiger charge is 2.45. The van der Waals surface area contributed by atoms with Crippen LogP contribution in [0.1, 0.15) is 18.4 Å². The van der Waals surface area contributed by atoms with Gasteiger partial charge in [0.1, 0.15) is 10.7 Å². The Morgan fingerprint density at radius 1 is 1.17 bits per heavy atom. The van der Waals surface area contributed by atoms with Crippen LogP contribution in [0.4, 0.5) is 5.95 Å². The van der Waals surface area contributed by atoms with Gasteiger partial charge < -0.3 is 20.1 Å². The molecule has 2 aliphatic heterocycles. The van der Waals surface area contributed by atoms with Crippen molar-refractivity contribution >= 4 is 23.2 Å². The first-order chi connectivity index (χ1) is 17.0. The monoisotopic (exact) mass is 494 g/mol. The second-order valence-electron chi connectivity index (χ2n) is 8.96. The fourth-order valence-electron chi connectivity index (χ4n) is 4.47. The first-order valence-electron chi connectivity index (χ1n) is 11.9. The number of likely N-dealkylation sites (tertiary alicyclic amines) is 1. The van der Waals surface area contributed by atoms with Crippen LogP contribution < -0.4 is 5.32 Å². The lowest BCUT2D eigenvalue weighted by Crippen LogP contribution is -2.37. The van der Waals surface area contributed by atoms with E-state index in [9.17, 15) is 9.90 Å². The molecule has 0 aliphatic carbocycles. The van der Waals surface area contributed by atoms with Crippen molar-refractivity contribution in [2.75, 3.05) is 58.3 Å². The number of benzene rings is 1. The highest BCUT2D eigenvalue weighted by Crippen LogP contribution is 2.36. The van der Waals surface area contributed by atoms with E-state index in [4.69, 9.17) is 9.72 Å². The molecule has 2 aromatic heterocycles. The Balaban J connectivity index is 1.25. The molecule has 35 heavy (non-hydrogen) atoms. The van der Waals surface area contributed by atoms with E-state index in [0.717, 1.165) is 67.8 Å². The molecule has 184 valence electrons. The van der Waals surface area contributed by atoms with Crippen molar-refractivity contribution in [2.45, 2.75) is 18.4 Å². The van der Waals surface area contributed by atoms with E-state index in [1.54, 1.807) is 24.2 Å². The number of aliphatic hydroxyl groups is 1. The second kappa shape index (κ2) is 10.4. The van der Waals surface area contributed by atoms with Crippen LogP contribution in [0.15, 0.2) is 41.9 Å². The van der Waals surface area contributed by atoms with E-state index >= 15 is 0 Å². The summed E-state index contributed by atoms with van der Waals surface area (Å²) in [6, 6.07) is 9.32. The number of amides is 1. The van der Waals surface area contributed by atoms with Gasteiger partial charge in [0.15, 0.2) is 5.60 Å². The number of aromatic nitrogens is 3. The predicted octanol–water partition coefficient (Wildman–Crippen LogP) is 2.45. The molecule has 2 N–H and O–H groups in total. The molecule has 2 saturated heterocycles. The highest BCUT2D eigenvalue weighted by molar-refractivity contribution is 7.13. The van der Waals surface area contributed by atoms with Crippen molar-refractivity contribution in [3.8, 4) is 22.0 Å². The van der Waals surface area contributed by atoms with Crippen LogP contribution in [0, 0.1) is 0 Å². The lowest BCUT2D eigenvalue weighted by molar-refractivity contribution is -0.143. The number of carbonyl (C=O) groups is 1. The van der Waals surface area contributed by atoms with Gasteiger partial charge in [-0.2, -0.15) is 0 Å². The van der Waals surface area contributed by atoms with E-state index in [1.165, 1.54) is 11.3 Å². The van der Waals surface area contributed by atoms with Gasteiger partial charge in [-0.15, -0.1) is 11.3 Å². The third kappa shape index (κ3) is 5.20. The fourth-order valence-corrected chi connectivity index (χ4v) is 5.28. The largest absolute Gasteiger partial charge is 0.379 e. The van der Waals surface area contributed by atoms with Crippen molar-refractivity contribution in [2.24, 2.45) is 0 Å². The fraction of sp³-hybridized carbons (Fsp3) is 0.440. The summed E-state index contributed by atoms with van der Waals surface area (Å²) in [7, 11) is 1.71. The third-order valence-electron chi connectivity index (χ3n) is 6.56. The van der Waals surface area contributed by atoms with E-state index in [2.05, 4.69) is 20.2 Å². The Morgan fingerprint density at radius 2 is 2.03 bits per heavy atom. The molecule has 1 unspecified atom stereocenters. The molecular formula is C25H30N6O3S. The van der Waals surface area contributed by atoms with Crippen LogP contribution in [-0.4, -0.2) is 88.8 Å². The maximum absolute atomic E-state index is 12.5. The number of ether oxygens (including phenoxy) is 1. The minimum absolute atomic E-state index is 0.263. The minimum Gasteiger partial charge on any atom is -0.379 e. The van der Waals surface area contributed by atoms with Crippen molar-refractivity contribution in [1.29, 1.82) is 0 Å². The zero-order valence-electron chi connectivity index (χ0n) is 19.8. The molecule has 5 rings (SSSR count). The molecule has 0 saturated carbocycles. The Bertz CT molecular complexity index is 1180. The molecule has 2 aliphatic rings. The quantitative estimate of drug-likeness (QED) is 0.461. The summed E-state index contributed by atoms with van der Waals surface area (Å²) in [6.07, 6.45) is 3.14. The van der Waals surface area contributed by atoms with Crippen LogP contribution in [0.3, 0.4) is 0 Å². The van der Waals surface area contributed by atoms with Crippen LogP contribution >= 0.6 is 11.3 Å². The summed E-state index contributed by atoms with van der Waals surface area (Å²) >= 11 is 1.51. The standard InChI is InChI=1S/C25H30N6O3S/c1-30-11-7-25(33,23(30)32)19-5-2-4-18(16-19)22-28-21(17-35-22)20-6-9-27-24(29-20)26-8-3-10-31-12-14-34-15-13-31/h2,4-6,9,16-17,33H,3,7-8,10-15H2,1H3,(H,26,27,29). The van der Waals surface area contributed by atoms with Gasteiger partial charge in [-0.1, -0.05) is 18.2 Å². The predicted molar refractivity (Wildman–Crippen MR) is 135 cm³/mol. The number of hydrogen-bond acceptors (Lipinski definition) is 9. The van der Waals surface area contributed by atoms with Gasteiger partial charge in [-0.05, 0) is 30.7 Å². The zero-order valence-corrected chi connectivity index (χ0v) is 20.6. The van der Waals surface area contributed by atoms with Crippen LogP contribution in [0.5, 0.6) is 0 Å². The van der Waals surface area contributed by atoms with Gasteiger partial charge in [-0.25, -0.2) is 15.0 Å². The average molecular weight is 495 g/mol. The smallest absolute Gasteiger partial charge is 0.258 e. The molecule has 9 nitrogen and oxygen atoms in total. The number of rotatable bonds is 8. The SMILES string of the molecule is CN1CCC(O)(c2cccc(-c3nc(-c4ccnc(NCCCN5CCOCC5)n4)cs3)c2)C1=O. The van der Waals surface area contributed by atoms with Crippen molar-refractivity contribution in [1.82, 2.24) is 24.8 Å². The Morgan fingerprint density at radius 3 is 2.83 bits per heavy atom. The number of carbonyl (C=O) groups excluding carboxylic acids is 1. The van der Waals surface area contributed by atoms with Gasteiger partial charge in [-0.3, -0.25) is 9.69 Å². The maximum atomic E-state index is 12.5. The highest BCUT2D eigenvalue weighted by atomic mass is 32.1. The molecule has 3 aromatic rings. The lowest BCUT2D eigenvalue weighted by atomic mass is 9.91. The van der Waals surface area contributed by atoms with Gasteiger partial charge in [0.05, 0.1) is 18.9 Å². The number of nitrogens with zero attached hydrogens (tertiary/aromatic N) is 5. The topological polar surface area (TPSA) is 104 Å². The average Bonchev–Trinajstić information content (AvgIpc) is 3.50. The van der Waals surface area contributed by atoms with E-state index in [1.807, 2.05) is 29.6 Å². The van der Waals surface area contributed by atoms with Gasteiger partial charge >= 0.3 is 0 Å². The first-order valence-corrected chi connectivity index (χ1v) is 12.8. The van der Waals surface area contributed by atoms with E-state index in [0.29, 0.717) is 24.5 Å². The van der Waals surface area contributed by atoms with E-state index in [-0.39, 0.29) is 5.91 Å². The minimum atomic E-state index is -1.47. The van der Waals surface area contributed by atoms with Crippen molar-refractivity contribution in [3.63, 3.8) is 0 Å². The molecule has 2 fully saturated rings. The van der Waals surface area contributed by atoms with Gasteiger partial charge in [0, 0.05) is 56.8 Å². The Labute approximate surface area is 208 Å². The normalized spacial score (nSPS) is 21.0. The van der Waals surface area contributed by atoms with Crippen LogP contribution in [0.2, 0.25) is 0 Å². The molecule has 0 bridgehead atoms. The summed E-state index contributed by atoms with van der Waals surface area (Å²) < 4.78 is 5.39. The molecule has 1 atom stereocenters. The number of likely N-dealkylation sites (N-methyl/N-ethyl adjacent to an activating group) is 1. The van der Waals surface area contributed by atoms with Crippen LogP contribution in [-0.2, 0) is 15.1 Å². The second-order valence-corrected chi connectivity index (χ2v) is 9.81. The van der Waals surface area contributed by atoms with E-state index < -0.39 is 5.60 Å². The maximum Gasteiger partial charge on any atom is 0.258 e. The third-order valence-corrected chi connectivity index (χ3v) is 7.45. The van der Waals surface area contributed by atoms with Crippen molar-refractivity contribution in [3.05, 3.63) is 47.5 Å². The molecule has 1 aromatic carbocycles. The van der Waals surface area contributed by atoms with Gasteiger partial charge in [0.2, 0.25) is 5.95 Å². The van der Waals surface area contributed by atoms with Gasteiger partial charge in [0.25, 0.3) is 5.91 Å². The van der Waals surface area contributed by atoms with Crippen LogP contribution in [0.25, 0.3) is 22.0 Å². The summed E-state index contributed by atoms with van der Waals surface area (Å²) in [5, 5.41) is 17.1. The number of hydrogen-bond donors (Lipinski definition) is 2. The number of morpholine rings is 1. The zero-order chi connectivity index (χ0) is 24.3. The summed E-state index contributed by atoms with van der Waals surface area (Å²) in [5.41, 5.74) is 1.52. The summed E-state index contributed by atoms with van der Waals surface area (Å²) in [5.74, 6) is 0.326. The summed E-state index contributed by atoms with van der Waals surface area (Å²) in [6.45, 7) is 5.98. The lowest BCUT2D eigenvalue weighted by Gasteiger charge is -2.26. The number of nitrogens with one attached hydrogen (secondary N) is 1.